The van der Waals surface area contributed by atoms with E-state index in [0.29, 0.717) is 25.7 Å². The van der Waals surface area contributed by atoms with Crippen molar-refractivity contribution < 1.29 is 13.3 Å². The van der Waals surface area contributed by atoms with Gasteiger partial charge in [0.15, 0.2) is 0 Å². The maximum absolute atomic E-state index is 5.74. The lowest BCUT2D eigenvalue weighted by Crippen LogP contribution is -2.32. The van der Waals surface area contributed by atoms with E-state index < -0.39 is 9.53 Å². The van der Waals surface area contributed by atoms with Crippen molar-refractivity contribution in [3.05, 3.63) is 0 Å². The average Bonchev–Trinajstić information content (AvgIpc) is 2.18. The van der Waals surface area contributed by atoms with Gasteiger partial charge >= 0.3 is 9.53 Å². The van der Waals surface area contributed by atoms with Crippen LogP contribution in [-0.4, -0.2) is 35.4 Å². The SMILES string of the molecule is CCO[SiH](OCC)OC(C)CC(C)CN. The molecule has 0 amide bonds. The highest BCUT2D eigenvalue weighted by Gasteiger charge is 2.18. The summed E-state index contributed by atoms with van der Waals surface area (Å²) in [7, 11) is -1.90. The van der Waals surface area contributed by atoms with Crippen LogP contribution in [0.1, 0.15) is 34.1 Å². The molecule has 2 atom stereocenters. The molecule has 0 fully saturated rings. The lowest BCUT2D eigenvalue weighted by Gasteiger charge is -2.21. The molecule has 2 unspecified atom stereocenters. The van der Waals surface area contributed by atoms with Crippen molar-refractivity contribution in [3.63, 3.8) is 0 Å². The highest BCUT2D eigenvalue weighted by atomic mass is 28.3. The summed E-state index contributed by atoms with van der Waals surface area (Å²) in [4.78, 5) is 0. The van der Waals surface area contributed by atoms with Crippen LogP contribution in [0.2, 0.25) is 0 Å². The van der Waals surface area contributed by atoms with Gasteiger partial charge in [-0.2, -0.15) is 0 Å². The Kier molecular flexibility index (Phi) is 9.33. The van der Waals surface area contributed by atoms with Gasteiger partial charge in [-0.3, -0.25) is 0 Å². The van der Waals surface area contributed by atoms with Gasteiger partial charge in [-0.15, -0.1) is 0 Å². The second-order valence-corrected chi connectivity index (χ2v) is 5.24. The van der Waals surface area contributed by atoms with Crippen molar-refractivity contribution >= 4 is 9.53 Å². The van der Waals surface area contributed by atoms with Gasteiger partial charge in [0, 0.05) is 19.3 Å². The first-order chi connectivity index (χ1) is 7.13. The second kappa shape index (κ2) is 9.29. The summed E-state index contributed by atoms with van der Waals surface area (Å²) in [6.07, 6.45) is 1.12. The topological polar surface area (TPSA) is 53.7 Å². The molecular weight excluding hydrogens is 210 g/mol. The van der Waals surface area contributed by atoms with Gasteiger partial charge in [-0.25, -0.2) is 0 Å². The standard InChI is InChI=1S/C10H25NO3Si/c1-5-12-15(13-6-2)14-10(4)7-9(3)8-11/h9-10,15H,5-8,11H2,1-4H3. The van der Waals surface area contributed by atoms with Crippen LogP contribution in [0.5, 0.6) is 0 Å². The Hall–Kier alpha value is 0.0569. The summed E-state index contributed by atoms with van der Waals surface area (Å²) in [5, 5.41) is 0. The first-order valence-electron chi connectivity index (χ1n) is 5.72. The first kappa shape index (κ1) is 15.1. The third kappa shape index (κ3) is 7.93. The van der Waals surface area contributed by atoms with Crippen molar-refractivity contribution in [3.8, 4) is 0 Å². The summed E-state index contributed by atoms with van der Waals surface area (Å²) in [6.45, 7) is 10.1. The van der Waals surface area contributed by atoms with E-state index in [-0.39, 0.29) is 6.10 Å². The molecule has 0 bridgehead atoms. The van der Waals surface area contributed by atoms with Crippen LogP contribution < -0.4 is 5.73 Å². The highest BCUT2D eigenvalue weighted by molar-refractivity contribution is 6.36. The molecule has 0 heterocycles. The molecule has 0 rings (SSSR count). The maximum atomic E-state index is 5.74. The van der Waals surface area contributed by atoms with E-state index in [4.69, 9.17) is 19.0 Å². The molecular formula is C10H25NO3Si. The van der Waals surface area contributed by atoms with Crippen LogP contribution in [0, 0.1) is 5.92 Å². The number of hydrogen-bond acceptors (Lipinski definition) is 4. The van der Waals surface area contributed by atoms with E-state index >= 15 is 0 Å². The fourth-order valence-electron chi connectivity index (χ4n) is 1.31. The molecule has 0 aliphatic heterocycles. The molecule has 5 heteroatoms. The monoisotopic (exact) mass is 235 g/mol. The number of hydrogen-bond donors (Lipinski definition) is 1. The molecule has 15 heavy (non-hydrogen) atoms. The van der Waals surface area contributed by atoms with E-state index in [1.54, 1.807) is 0 Å². The maximum Gasteiger partial charge on any atom is 0.484 e. The molecule has 0 aromatic rings. The lowest BCUT2D eigenvalue weighted by molar-refractivity contribution is 0.0615. The molecule has 0 spiro atoms. The molecule has 0 saturated heterocycles. The molecule has 2 N–H and O–H groups in total. The molecule has 4 nitrogen and oxygen atoms in total. The molecule has 0 aliphatic carbocycles. The smallest absolute Gasteiger partial charge is 0.376 e. The summed E-state index contributed by atoms with van der Waals surface area (Å²) < 4.78 is 16.6. The van der Waals surface area contributed by atoms with Crippen LogP contribution in [0.25, 0.3) is 0 Å². The third-order valence-corrected chi connectivity index (χ3v) is 3.98. The highest BCUT2D eigenvalue weighted by Crippen LogP contribution is 2.09. The molecule has 0 aliphatic rings. The largest absolute Gasteiger partial charge is 0.484 e. The van der Waals surface area contributed by atoms with Gasteiger partial charge in [0.2, 0.25) is 0 Å². The lowest BCUT2D eigenvalue weighted by atomic mass is 10.1. The molecule has 0 saturated carbocycles. The minimum Gasteiger partial charge on any atom is -0.376 e. The van der Waals surface area contributed by atoms with E-state index in [1.807, 2.05) is 20.8 Å². The van der Waals surface area contributed by atoms with Gasteiger partial charge in [0.1, 0.15) is 0 Å². The van der Waals surface area contributed by atoms with Crippen molar-refractivity contribution in [2.24, 2.45) is 11.7 Å². The van der Waals surface area contributed by atoms with E-state index in [9.17, 15) is 0 Å². The van der Waals surface area contributed by atoms with Crippen molar-refractivity contribution in [2.45, 2.75) is 40.2 Å². The van der Waals surface area contributed by atoms with Crippen LogP contribution in [0.3, 0.4) is 0 Å². The Bertz CT molecular complexity index is 143. The van der Waals surface area contributed by atoms with Crippen LogP contribution in [-0.2, 0) is 13.3 Å². The summed E-state index contributed by atoms with van der Waals surface area (Å²) in [6, 6.07) is 0. The van der Waals surface area contributed by atoms with E-state index in [0.717, 1.165) is 6.42 Å². The van der Waals surface area contributed by atoms with E-state index in [2.05, 4.69) is 6.92 Å². The Labute approximate surface area is 95.1 Å². The Morgan fingerprint density at radius 1 is 1.13 bits per heavy atom. The van der Waals surface area contributed by atoms with Crippen molar-refractivity contribution in [1.29, 1.82) is 0 Å². The summed E-state index contributed by atoms with van der Waals surface area (Å²) in [5.74, 6) is 0.484. The predicted molar refractivity (Wildman–Crippen MR) is 63.8 cm³/mol. The van der Waals surface area contributed by atoms with Gasteiger partial charge in [0.25, 0.3) is 0 Å². The predicted octanol–water partition coefficient (Wildman–Crippen LogP) is 1.17. The number of nitrogens with two attached hydrogens (primary N) is 1. The van der Waals surface area contributed by atoms with Crippen LogP contribution in [0.15, 0.2) is 0 Å². The Balaban J connectivity index is 3.81. The Morgan fingerprint density at radius 2 is 1.67 bits per heavy atom. The zero-order valence-corrected chi connectivity index (χ0v) is 11.5. The van der Waals surface area contributed by atoms with Crippen molar-refractivity contribution in [1.82, 2.24) is 0 Å². The fraction of sp³-hybridized carbons (Fsp3) is 1.00. The summed E-state index contributed by atoms with van der Waals surface area (Å²) in [5.41, 5.74) is 5.56. The molecule has 0 aromatic carbocycles. The van der Waals surface area contributed by atoms with Gasteiger partial charge in [-0.05, 0) is 39.7 Å². The van der Waals surface area contributed by atoms with Gasteiger partial charge in [0.05, 0.1) is 0 Å². The average molecular weight is 235 g/mol. The summed E-state index contributed by atoms with van der Waals surface area (Å²) >= 11 is 0. The minimum atomic E-state index is -1.90. The first-order valence-corrected chi connectivity index (χ1v) is 7.14. The zero-order chi connectivity index (χ0) is 11.7. The van der Waals surface area contributed by atoms with Gasteiger partial charge < -0.3 is 19.0 Å². The van der Waals surface area contributed by atoms with Crippen molar-refractivity contribution in [2.75, 3.05) is 19.8 Å². The molecule has 0 radical (unpaired) electrons. The number of rotatable bonds is 9. The third-order valence-electron chi connectivity index (χ3n) is 2.09. The Morgan fingerprint density at radius 3 is 2.07 bits per heavy atom. The van der Waals surface area contributed by atoms with E-state index in [1.165, 1.54) is 0 Å². The molecule has 92 valence electrons. The second-order valence-electron chi connectivity index (χ2n) is 3.72. The quantitative estimate of drug-likeness (QED) is 0.610. The van der Waals surface area contributed by atoms with Crippen LogP contribution in [0.4, 0.5) is 0 Å². The minimum absolute atomic E-state index is 0.165. The van der Waals surface area contributed by atoms with Gasteiger partial charge in [-0.1, -0.05) is 6.92 Å². The fourth-order valence-corrected chi connectivity index (χ4v) is 2.60. The molecule has 0 aromatic heterocycles. The normalized spacial score (nSPS) is 15.6. The van der Waals surface area contributed by atoms with Crippen LogP contribution >= 0.6 is 0 Å². The zero-order valence-electron chi connectivity index (χ0n) is 10.4.